The molecule has 106 valence electrons. The quantitative estimate of drug-likeness (QED) is 0.828. The lowest BCUT2D eigenvalue weighted by Gasteiger charge is -2.20. The van der Waals surface area contributed by atoms with Crippen molar-refractivity contribution in [3.05, 3.63) is 28.8 Å². The van der Waals surface area contributed by atoms with E-state index in [1.165, 1.54) is 29.5 Å². The maximum absolute atomic E-state index is 6.33. The van der Waals surface area contributed by atoms with Crippen molar-refractivity contribution in [2.24, 2.45) is 5.73 Å². The molecule has 2 rings (SSSR count). The van der Waals surface area contributed by atoms with Gasteiger partial charge in [-0.25, -0.2) is 0 Å². The normalized spacial score (nSPS) is 16.7. The number of ether oxygens (including phenoxy) is 1. The largest absolute Gasteiger partial charge is 0.496 e. The molecule has 1 fully saturated rings. The number of rotatable bonds is 6. The van der Waals surface area contributed by atoms with E-state index in [0.717, 1.165) is 12.3 Å². The number of hydrogen-bond acceptors (Lipinski definition) is 3. The van der Waals surface area contributed by atoms with E-state index in [0.29, 0.717) is 12.0 Å². The highest BCUT2D eigenvalue weighted by Gasteiger charge is 2.22. The maximum atomic E-state index is 6.33. The summed E-state index contributed by atoms with van der Waals surface area (Å²) in [5.74, 6) is 1.41. The molecule has 1 aromatic carbocycles. The Morgan fingerprint density at radius 3 is 2.53 bits per heavy atom. The summed E-state index contributed by atoms with van der Waals surface area (Å²) in [7, 11) is 1.73. The van der Waals surface area contributed by atoms with Crippen LogP contribution in [0.25, 0.3) is 0 Å². The average molecular weight is 262 g/mol. The molecule has 0 amide bonds. The molecule has 0 spiro atoms. The first-order chi connectivity index (χ1) is 9.02. The molecule has 0 aliphatic heterocycles. The van der Waals surface area contributed by atoms with Gasteiger partial charge in [-0.3, -0.25) is 0 Å². The lowest BCUT2D eigenvalue weighted by molar-refractivity contribution is 0.406. The van der Waals surface area contributed by atoms with Gasteiger partial charge in [0.15, 0.2) is 0 Å². The van der Waals surface area contributed by atoms with Crippen molar-refractivity contribution in [1.29, 1.82) is 0 Å². The molecule has 0 aromatic heterocycles. The molecule has 3 N–H and O–H groups in total. The standard InChI is InChI=1S/C16H26N2O/c1-10(2)13-8-14(11(3)7-16(13)19-4)15(17)9-18-12-5-6-12/h7-8,10,12,15,18H,5-6,9,17H2,1-4H3. The zero-order valence-electron chi connectivity index (χ0n) is 12.5. The molecule has 1 aliphatic carbocycles. The van der Waals surface area contributed by atoms with Crippen LogP contribution in [-0.2, 0) is 0 Å². The summed E-state index contributed by atoms with van der Waals surface area (Å²) in [5.41, 5.74) is 10.0. The summed E-state index contributed by atoms with van der Waals surface area (Å²) in [5, 5.41) is 3.50. The van der Waals surface area contributed by atoms with Crippen LogP contribution in [0.15, 0.2) is 12.1 Å². The molecule has 0 heterocycles. The predicted octanol–water partition coefficient (Wildman–Crippen LogP) is 2.88. The average Bonchev–Trinajstić information content (AvgIpc) is 3.19. The molecular formula is C16H26N2O. The topological polar surface area (TPSA) is 47.3 Å². The first-order valence-corrected chi connectivity index (χ1v) is 7.20. The Bertz CT molecular complexity index is 439. The minimum Gasteiger partial charge on any atom is -0.496 e. The third kappa shape index (κ3) is 3.48. The van der Waals surface area contributed by atoms with Gasteiger partial charge in [-0.1, -0.05) is 13.8 Å². The van der Waals surface area contributed by atoms with Crippen LogP contribution in [0, 0.1) is 6.92 Å². The van der Waals surface area contributed by atoms with Crippen LogP contribution in [0.2, 0.25) is 0 Å². The van der Waals surface area contributed by atoms with Gasteiger partial charge in [0.1, 0.15) is 5.75 Å². The minimum atomic E-state index is 0.0593. The van der Waals surface area contributed by atoms with E-state index in [9.17, 15) is 0 Å². The molecule has 0 saturated heterocycles. The van der Waals surface area contributed by atoms with Gasteiger partial charge in [-0.2, -0.15) is 0 Å². The van der Waals surface area contributed by atoms with Crippen molar-refractivity contribution in [2.75, 3.05) is 13.7 Å². The highest BCUT2D eigenvalue weighted by molar-refractivity contribution is 5.45. The zero-order valence-corrected chi connectivity index (χ0v) is 12.5. The number of nitrogens with one attached hydrogen (secondary N) is 1. The minimum absolute atomic E-state index is 0.0593. The number of nitrogens with two attached hydrogens (primary N) is 1. The number of hydrogen-bond donors (Lipinski definition) is 2. The summed E-state index contributed by atoms with van der Waals surface area (Å²) in [6, 6.07) is 5.10. The summed E-state index contributed by atoms with van der Waals surface area (Å²) < 4.78 is 5.47. The monoisotopic (exact) mass is 262 g/mol. The van der Waals surface area contributed by atoms with E-state index in [4.69, 9.17) is 10.5 Å². The second-order valence-corrected chi connectivity index (χ2v) is 5.89. The Morgan fingerprint density at radius 2 is 2.00 bits per heavy atom. The molecule has 1 aliphatic rings. The first-order valence-electron chi connectivity index (χ1n) is 7.20. The molecule has 1 unspecified atom stereocenters. The fourth-order valence-electron chi connectivity index (χ4n) is 2.43. The predicted molar refractivity (Wildman–Crippen MR) is 79.8 cm³/mol. The maximum Gasteiger partial charge on any atom is 0.122 e. The van der Waals surface area contributed by atoms with Crippen LogP contribution >= 0.6 is 0 Å². The van der Waals surface area contributed by atoms with Crippen LogP contribution in [0.4, 0.5) is 0 Å². The van der Waals surface area contributed by atoms with Gasteiger partial charge in [0.05, 0.1) is 7.11 Å². The molecule has 1 saturated carbocycles. The second kappa shape index (κ2) is 5.93. The van der Waals surface area contributed by atoms with Gasteiger partial charge in [0.2, 0.25) is 0 Å². The van der Waals surface area contributed by atoms with Gasteiger partial charge in [0.25, 0.3) is 0 Å². The lowest BCUT2D eigenvalue weighted by Crippen LogP contribution is -2.29. The smallest absolute Gasteiger partial charge is 0.122 e. The van der Waals surface area contributed by atoms with E-state index in [-0.39, 0.29) is 6.04 Å². The molecule has 3 heteroatoms. The second-order valence-electron chi connectivity index (χ2n) is 5.89. The van der Waals surface area contributed by atoms with Gasteiger partial charge in [0, 0.05) is 18.6 Å². The van der Waals surface area contributed by atoms with E-state index >= 15 is 0 Å². The molecule has 0 radical (unpaired) electrons. The van der Waals surface area contributed by atoms with E-state index in [1.807, 2.05) is 0 Å². The highest BCUT2D eigenvalue weighted by atomic mass is 16.5. The van der Waals surface area contributed by atoms with Crippen molar-refractivity contribution in [3.8, 4) is 5.75 Å². The van der Waals surface area contributed by atoms with Crippen molar-refractivity contribution in [2.45, 2.75) is 51.6 Å². The van der Waals surface area contributed by atoms with Gasteiger partial charge < -0.3 is 15.8 Å². The van der Waals surface area contributed by atoms with Crippen LogP contribution < -0.4 is 15.8 Å². The van der Waals surface area contributed by atoms with Crippen molar-refractivity contribution in [1.82, 2.24) is 5.32 Å². The molecular weight excluding hydrogens is 236 g/mol. The fraction of sp³-hybridized carbons (Fsp3) is 0.625. The summed E-state index contributed by atoms with van der Waals surface area (Å²) in [4.78, 5) is 0. The van der Waals surface area contributed by atoms with Gasteiger partial charge >= 0.3 is 0 Å². The van der Waals surface area contributed by atoms with Gasteiger partial charge in [-0.05, 0) is 54.5 Å². The van der Waals surface area contributed by atoms with Crippen LogP contribution in [0.1, 0.15) is 55.3 Å². The SMILES string of the molecule is COc1cc(C)c(C(N)CNC2CC2)cc1C(C)C. The Balaban J connectivity index is 2.20. The van der Waals surface area contributed by atoms with Gasteiger partial charge in [-0.15, -0.1) is 0 Å². The Labute approximate surface area is 116 Å². The first kappa shape index (κ1) is 14.4. The number of aryl methyl sites for hydroxylation is 1. The van der Waals surface area contributed by atoms with Crippen molar-refractivity contribution < 1.29 is 4.74 Å². The third-order valence-electron chi connectivity index (χ3n) is 3.84. The van der Waals surface area contributed by atoms with Crippen molar-refractivity contribution in [3.63, 3.8) is 0 Å². The van der Waals surface area contributed by atoms with E-state index in [1.54, 1.807) is 7.11 Å². The third-order valence-corrected chi connectivity index (χ3v) is 3.84. The van der Waals surface area contributed by atoms with Crippen LogP contribution in [-0.4, -0.2) is 19.7 Å². The van der Waals surface area contributed by atoms with Crippen molar-refractivity contribution >= 4 is 0 Å². The van der Waals surface area contributed by atoms with Crippen LogP contribution in [0.5, 0.6) is 5.75 Å². The highest BCUT2D eigenvalue weighted by Crippen LogP contribution is 2.31. The van der Waals surface area contributed by atoms with Crippen LogP contribution in [0.3, 0.4) is 0 Å². The molecule has 1 atom stereocenters. The zero-order chi connectivity index (χ0) is 14.0. The Kier molecular flexibility index (Phi) is 4.48. The molecule has 1 aromatic rings. The number of benzene rings is 1. The Hall–Kier alpha value is -1.06. The summed E-state index contributed by atoms with van der Waals surface area (Å²) in [6.07, 6.45) is 2.59. The van der Waals surface area contributed by atoms with E-state index in [2.05, 4.69) is 38.2 Å². The lowest BCUT2D eigenvalue weighted by atomic mass is 9.93. The fourth-order valence-corrected chi connectivity index (χ4v) is 2.43. The number of methoxy groups -OCH3 is 1. The molecule has 0 bridgehead atoms. The molecule has 3 nitrogen and oxygen atoms in total. The summed E-state index contributed by atoms with van der Waals surface area (Å²) >= 11 is 0. The van der Waals surface area contributed by atoms with E-state index < -0.39 is 0 Å². The molecule has 19 heavy (non-hydrogen) atoms. The summed E-state index contributed by atoms with van der Waals surface area (Å²) in [6.45, 7) is 7.34. The Morgan fingerprint density at radius 1 is 1.32 bits per heavy atom.